The Kier molecular flexibility index (Phi) is 7.18. The van der Waals surface area contributed by atoms with E-state index in [0.717, 1.165) is 16.2 Å². The monoisotopic (exact) mass is 468 g/mol. The lowest BCUT2D eigenvalue weighted by atomic mass is 9.96. The maximum atomic E-state index is 11.2. The van der Waals surface area contributed by atoms with Gasteiger partial charge in [0.15, 0.2) is 11.5 Å². The van der Waals surface area contributed by atoms with Gasteiger partial charge in [-0.1, -0.05) is 29.8 Å². The molecule has 0 amide bonds. The van der Waals surface area contributed by atoms with Crippen LogP contribution in [0.2, 0.25) is 0 Å². The van der Waals surface area contributed by atoms with Crippen molar-refractivity contribution < 1.29 is 24.8 Å². The van der Waals surface area contributed by atoms with Gasteiger partial charge in [0.25, 0.3) is 0 Å². The smallest absolute Gasteiger partial charge is 0.170 e. The molecule has 0 aliphatic rings. The predicted octanol–water partition coefficient (Wildman–Crippen LogP) is 6.54. The molecule has 176 valence electrons. The number of methoxy groups -OCH3 is 2. The first-order valence-corrected chi connectivity index (χ1v) is 13.2. The SMILES string of the molecule is COc1cc(-c2ccc(O)cc2)c(OC)c(O)c1-c1ccc(S(C)(C)CC=C(C)C)c(O)c1. The summed E-state index contributed by atoms with van der Waals surface area (Å²) in [5.74, 6) is 1.87. The van der Waals surface area contributed by atoms with Crippen molar-refractivity contribution in [3.8, 4) is 51.0 Å². The van der Waals surface area contributed by atoms with Crippen molar-refractivity contribution in [1.29, 1.82) is 0 Å². The van der Waals surface area contributed by atoms with Gasteiger partial charge in [-0.25, -0.2) is 10.0 Å². The Balaban J connectivity index is 2.14. The van der Waals surface area contributed by atoms with Crippen molar-refractivity contribution in [3.63, 3.8) is 0 Å². The molecule has 0 fully saturated rings. The van der Waals surface area contributed by atoms with Crippen LogP contribution in [-0.2, 0) is 0 Å². The highest BCUT2D eigenvalue weighted by Gasteiger charge is 2.24. The molecular formula is C27H32O5S. The highest BCUT2D eigenvalue weighted by Crippen LogP contribution is 2.55. The van der Waals surface area contributed by atoms with Gasteiger partial charge in [0.2, 0.25) is 0 Å². The van der Waals surface area contributed by atoms with Gasteiger partial charge < -0.3 is 24.8 Å². The molecule has 0 saturated carbocycles. The summed E-state index contributed by atoms with van der Waals surface area (Å²) in [6.45, 7) is 4.14. The Hall–Kier alpha value is -3.25. The van der Waals surface area contributed by atoms with E-state index in [9.17, 15) is 15.3 Å². The fourth-order valence-corrected chi connectivity index (χ4v) is 5.72. The van der Waals surface area contributed by atoms with Gasteiger partial charge in [0.1, 0.15) is 17.2 Å². The van der Waals surface area contributed by atoms with Crippen LogP contribution < -0.4 is 9.47 Å². The minimum absolute atomic E-state index is 0.0803. The van der Waals surface area contributed by atoms with Crippen LogP contribution in [0, 0.1) is 0 Å². The zero-order valence-electron chi connectivity index (χ0n) is 20.0. The zero-order valence-corrected chi connectivity index (χ0v) is 20.8. The second-order valence-electron chi connectivity index (χ2n) is 8.60. The predicted molar refractivity (Wildman–Crippen MR) is 137 cm³/mol. The van der Waals surface area contributed by atoms with Crippen LogP contribution in [0.25, 0.3) is 22.3 Å². The second-order valence-corrected chi connectivity index (χ2v) is 12.4. The van der Waals surface area contributed by atoms with Crippen molar-refractivity contribution in [2.24, 2.45) is 0 Å². The first-order chi connectivity index (χ1) is 15.6. The molecule has 0 aliphatic carbocycles. The quantitative estimate of drug-likeness (QED) is 0.343. The first-order valence-electron chi connectivity index (χ1n) is 10.5. The zero-order chi connectivity index (χ0) is 24.3. The lowest BCUT2D eigenvalue weighted by Crippen LogP contribution is -2.01. The molecule has 3 rings (SSSR count). The molecule has 0 unspecified atom stereocenters. The lowest BCUT2D eigenvalue weighted by molar-refractivity contribution is 0.369. The molecule has 0 heterocycles. The van der Waals surface area contributed by atoms with Crippen molar-refractivity contribution >= 4 is 10.0 Å². The summed E-state index contributed by atoms with van der Waals surface area (Å²) in [4.78, 5) is 0.912. The Morgan fingerprint density at radius 3 is 2.06 bits per heavy atom. The highest BCUT2D eigenvalue weighted by molar-refractivity contribution is 8.32. The number of hydrogen-bond donors (Lipinski definition) is 3. The van der Waals surface area contributed by atoms with E-state index in [0.29, 0.717) is 22.4 Å². The molecule has 5 nitrogen and oxygen atoms in total. The lowest BCUT2D eigenvalue weighted by Gasteiger charge is -2.31. The van der Waals surface area contributed by atoms with Gasteiger partial charge in [0, 0.05) is 10.5 Å². The summed E-state index contributed by atoms with van der Waals surface area (Å²) in [6.07, 6.45) is 6.55. The van der Waals surface area contributed by atoms with E-state index < -0.39 is 10.0 Å². The van der Waals surface area contributed by atoms with Crippen LogP contribution >= 0.6 is 10.0 Å². The molecule has 0 aliphatic heterocycles. The van der Waals surface area contributed by atoms with E-state index >= 15 is 0 Å². The standard InChI is InChI=1S/C27H32O5S/c1-17(2)13-14-33(5,6)24-12-9-19(15-22(24)29)25-23(31-3)16-21(27(32-4)26(25)30)18-7-10-20(28)11-8-18/h7-13,15-16,28-30H,14H2,1-6H3. The van der Waals surface area contributed by atoms with Crippen LogP contribution in [0.5, 0.6) is 28.7 Å². The van der Waals surface area contributed by atoms with Crippen molar-refractivity contribution in [2.45, 2.75) is 18.7 Å². The minimum Gasteiger partial charge on any atom is -0.508 e. The van der Waals surface area contributed by atoms with Gasteiger partial charge in [-0.2, -0.15) is 0 Å². The molecule has 0 spiro atoms. The molecule has 0 atom stereocenters. The molecule has 0 radical (unpaired) electrons. The topological polar surface area (TPSA) is 79.2 Å². The Labute approximate surface area is 197 Å². The number of benzene rings is 3. The minimum atomic E-state index is -1.24. The van der Waals surface area contributed by atoms with E-state index in [4.69, 9.17) is 9.47 Å². The Morgan fingerprint density at radius 1 is 0.879 bits per heavy atom. The van der Waals surface area contributed by atoms with Gasteiger partial charge in [-0.3, -0.25) is 0 Å². The van der Waals surface area contributed by atoms with Gasteiger partial charge >= 0.3 is 0 Å². The summed E-state index contributed by atoms with van der Waals surface area (Å²) in [7, 11) is 1.79. The van der Waals surface area contributed by atoms with E-state index in [-0.39, 0.29) is 23.0 Å². The molecule has 3 N–H and O–H groups in total. The Morgan fingerprint density at radius 2 is 1.52 bits per heavy atom. The van der Waals surface area contributed by atoms with Crippen molar-refractivity contribution in [3.05, 3.63) is 60.2 Å². The second kappa shape index (κ2) is 9.71. The number of phenolic OH excluding ortho intramolecular Hbond substituents is 3. The highest BCUT2D eigenvalue weighted by atomic mass is 32.3. The van der Waals surface area contributed by atoms with Crippen molar-refractivity contribution in [2.75, 3.05) is 32.5 Å². The number of aromatic hydroxyl groups is 3. The molecule has 0 aromatic heterocycles. The van der Waals surface area contributed by atoms with Gasteiger partial charge in [-0.05, 0) is 73.6 Å². The van der Waals surface area contributed by atoms with Crippen LogP contribution in [-0.4, -0.2) is 47.8 Å². The molecular weight excluding hydrogens is 436 g/mol. The van der Waals surface area contributed by atoms with E-state index in [1.807, 2.05) is 12.1 Å². The fourth-order valence-electron chi connectivity index (χ4n) is 3.73. The molecule has 6 heteroatoms. The van der Waals surface area contributed by atoms with Gasteiger partial charge in [0.05, 0.1) is 19.8 Å². The first kappa shape index (κ1) is 24.4. The third kappa shape index (κ3) is 5.06. The van der Waals surface area contributed by atoms with Gasteiger partial charge in [-0.15, -0.1) is 0 Å². The van der Waals surface area contributed by atoms with Crippen LogP contribution in [0.4, 0.5) is 0 Å². The van der Waals surface area contributed by atoms with E-state index in [1.54, 1.807) is 36.4 Å². The van der Waals surface area contributed by atoms with Crippen LogP contribution in [0.1, 0.15) is 13.8 Å². The number of ether oxygens (including phenoxy) is 2. The largest absolute Gasteiger partial charge is 0.508 e. The molecule has 33 heavy (non-hydrogen) atoms. The van der Waals surface area contributed by atoms with Crippen LogP contribution in [0.15, 0.2) is 65.1 Å². The number of hydrogen-bond acceptors (Lipinski definition) is 5. The Bertz CT molecular complexity index is 1180. The average molecular weight is 469 g/mol. The average Bonchev–Trinajstić information content (AvgIpc) is 2.77. The van der Waals surface area contributed by atoms with E-state index in [2.05, 4.69) is 32.4 Å². The molecule has 0 bridgehead atoms. The van der Waals surface area contributed by atoms with E-state index in [1.165, 1.54) is 19.8 Å². The summed E-state index contributed by atoms with van der Waals surface area (Å²) in [5.41, 5.74) is 3.70. The summed E-state index contributed by atoms with van der Waals surface area (Å²) < 4.78 is 11.2. The normalized spacial score (nSPS) is 11.7. The number of rotatable bonds is 7. The summed E-state index contributed by atoms with van der Waals surface area (Å²) >= 11 is 0. The fraction of sp³-hybridized carbons (Fsp3) is 0.259. The molecule has 3 aromatic rings. The maximum absolute atomic E-state index is 11.2. The third-order valence-electron chi connectivity index (χ3n) is 5.57. The molecule has 3 aromatic carbocycles. The number of allylic oxidation sites excluding steroid dienone is 1. The summed E-state index contributed by atoms with van der Waals surface area (Å²) in [6, 6.07) is 13.9. The summed E-state index contributed by atoms with van der Waals surface area (Å²) in [5, 5.41) is 31.7. The maximum Gasteiger partial charge on any atom is 0.170 e. The van der Waals surface area contributed by atoms with Crippen molar-refractivity contribution in [1.82, 2.24) is 0 Å². The molecule has 0 saturated heterocycles. The third-order valence-corrected chi connectivity index (χ3v) is 8.11. The number of phenols is 3. The van der Waals surface area contributed by atoms with Crippen LogP contribution in [0.3, 0.4) is 0 Å².